The number of fused-ring (bicyclic) bond motifs is 1. The van der Waals surface area contributed by atoms with Crippen LogP contribution in [0.1, 0.15) is 16.1 Å². The molecule has 0 saturated carbocycles. The molecule has 31 heavy (non-hydrogen) atoms. The quantitative estimate of drug-likeness (QED) is 0.656. The van der Waals surface area contributed by atoms with E-state index >= 15 is 0 Å². The second-order valence-electron chi connectivity index (χ2n) is 7.55. The fourth-order valence-corrected chi connectivity index (χ4v) is 5.18. The topological polar surface area (TPSA) is 74.7 Å². The SMILES string of the molecule is O=C(N[C@@H]1CCN2C(=O)N(c3ccc(-n4ccccc4=O)cc3)C[C@H]12)c1ccc(Cl)s1. The van der Waals surface area contributed by atoms with Crippen molar-refractivity contribution in [2.24, 2.45) is 0 Å². The van der Waals surface area contributed by atoms with E-state index in [0.29, 0.717) is 22.3 Å². The van der Waals surface area contributed by atoms with Gasteiger partial charge < -0.3 is 10.2 Å². The van der Waals surface area contributed by atoms with Gasteiger partial charge in [0.25, 0.3) is 11.5 Å². The van der Waals surface area contributed by atoms with E-state index in [-0.39, 0.29) is 29.6 Å². The number of urea groups is 1. The largest absolute Gasteiger partial charge is 0.346 e. The third kappa shape index (κ3) is 3.62. The number of hydrogen-bond donors (Lipinski definition) is 1. The summed E-state index contributed by atoms with van der Waals surface area (Å²) < 4.78 is 2.12. The van der Waals surface area contributed by atoms with Crippen molar-refractivity contribution in [3.8, 4) is 5.69 Å². The van der Waals surface area contributed by atoms with Gasteiger partial charge in [-0.05, 0) is 48.9 Å². The summed E-state index contributed by atoms with van der Waals surface area (Å²) in [5.41, 5.74) is 1.39. The van der Waals surface area contributed by atoms with Crippen LogP contribution in [0.5, 0.6) is 0 Å². The third-order valence-corrected chi connectivity index (χ3v) is 7.00. The van der Waals surface area contributed by atoms with Crippen LogP contribution in [0.2, 0.25) is 4.34 Å². The number of nitrogens with one attached hydrogen (secondary N) is 1. The van der Waals surface area contributed by atoms with Crippen LogP contribution in [-0.4, -0.2) is 46.6 Å². The Morgan fingerprint density at radius 1 is 1.03 bits per heavy atom. The molecule has 1 N–H and O–H groups in total. The number of benzene rings is 1. The highest BCUT2D eigenvalue weighted by molar-refractivity contribution is 7.18. The number of anilines is 1. The first-order valence-corrected chi connectivity index (χ1v) is 11.1. The van der Waals surface area contributed by atoms with Gasteiger partial charge in [0.1, 0.15) is 0 Å². The third-order valence-electron chi connectivity index (χ3n) is 5.77. The summed E-state index contributed by atoms with van der Waals surface area (Å²) in [5, 5.41) is 3.06. The van der Waals surface area contributed by atoms with Crippen LogP contribution in [0.15, 0.2) is 65.6 Å². The van der Waals surface area contributed by atoms with E-state index in [4.69, 9.17) is 11.6 Å². The Balaban J connectivity index is 1.31. The lowest BCUT2D eigenvalue weighted by Gasteiger charge is -2.20. The molecular formula is C22H19ClN4O3S. The van der Waals surface area contributed by atoms with Crippen molar-refractivity contribution in [2.45, 2.75) is 18.5 Å². The maximum atomic E-state index is 13.0. The van der Waals surface area contributed by atoms with Gasteiger partial charge in [0.05, 0.1) is 27.8 Å². The summed E-state index contributed by atoms with van der Waals surface area (Å²) in [6.07, 6.45) is 2.44. The monoisotopic (exact) mass is 454 g/mol. The maximum absolute atomic E-state index is 13.0. The van der Waals surface area contributed by atoms with E-state index in [9.17, 15) is 14.4 Å². The van der Waals surface area contributed by atoms with Crippen molar-refractivity contribution in [3.63, 3.8) is 0 Å². The predicted molar refractivity (Wildman–Crippen MR) is 120 cm³/mol. The van der Waals surface area contributed by atoms with Crippen LogP contribution < -0.4 is 15.8 Å². The Morgan fingerprint density at radius 3 is 2.52 bits per heavy atom. The lowest BCUT2D eigenvalue weighted by molar-refractivity contribution is 0.0935. The number of carbonyl (C=O) groups is 2. The molecule has 2 fully saturated rings. The normalized spacial score (nSPS) is 20.2. The predicted octanol–water partition coefficient (Wildman–Crippen LogP) is 3.37. The zero-order valence-electron chi connectivity index (χ0n) is 16.4. The summed E-state index contributed by atoms with van der Waals surface area (Å²) in [6, 6.07) is 15.5. The smallest absolute Gasteiger partial charge is 0.324 e. The number of thiophene rings is 1. The minimum absolute atomic E-state index is 0.0643. The molecule has 2 atom stereocenters. The van der Waals surface area contributed by atoms with E-state index in [1.807, 2.05) is 29.2 Å². The molecule has 0 bridgehead atoms. The Hall–Kier alpha value is -3.10. The standard InChI is InChI=1S/C22H19ClN4O3S/c23-19-9-8-18(31-19)21(29)24-16-10-12-26-17(16)13-27(22(26)30)15-6-4-14(5-7-15)25-11-2-1-3-20(25)28/h1-9,11,16-17H,10,12-13H2,(H,24,29)/t16-,17-/m1/s1. The van der Waals surface area contributed by atoms with Crippen molar-refractivity contribution >= 4 is 40.6 Å². The summed E-state index contributed by atoms with van der Waals surface area (Å²) >= 11 is 7.18. The second kappa shape index (κ2) is 7.86. The second-order valence-corrected chi connectivity index (χ2v) is 9.27. The summed E-state index contributed by atoms with van der Waals surface area (Å²) in [5.74, 6) is -0.160. The lowest BCUT2D eigenvalue weighted by Crippen LogP contribution is -2.44. The number of amides is 3. The van der Waals surface area contributed by atoms with E-state index < -0.39 is 0 Å². The molecule has 5 rings (SSSR count). The van der Waals surface area contributed by atoms with Gasteiger partial charge in [-0.25, -0.2) is 4.79 Å². The molecule has 2 aliphatic heterocycles. The molecule has 7 nitrogen and oxygen atoms in total. The molecule has 2 aromatic heterocycles. The number of hydrogen-bond acceptors (Lipinski definition) is 4. The summed E-state index contributed by atoms with van der Waals surface area (Å²) in [7, 11) is 0. The van der Waals surface area contributed by atoms with E-state index in [1.54, 1.807) is 39.9 Å². The van der Waals surface area contributed by atoms with E-state index in [1.165, 1.54) is 17.4 Å². The van der Waals surface area contributed by atoms with Gasteiger partial charge in [-0.15, -0.1) is 11.3 Å². The van der Waals surface area contributed by atoms with Gasteiger partial charge in [-0.3, -0.25) is 19.1 Å². The first-order valence-electron chi connectivity index (χ1n) is 9.94. The summed E-state index contributed by atoms with van der Waals surface area (Å²) in [4.78, 5) is 41.6. The molecule has 0 radical (unpaired) electrons. The number of nitrogens with zero attached hydrogens (tertiary/aromatic N) is 3. The zero-order chi connectivity index (χ0) is 21.5. The Labute approximate surface area is 187 Å². The molecular weight excluding hydrogens is 436 g/mol. The molecule has 0 aliphatic carbocycles. The van der Waals surface area contributed by atoms with Gasteiger partial charge in [0, 0.05) is 30.2 Å². The average molecular weight is 455 g/mol. The summed E-state index contributed by atoms with van der Waals surface area (Å²) in [6.45, 7) is 1.10. The Morgan fingerprint density at radius 2 is 1.81 bits per heavy atom. The van der Waals surface area contributed by atoms with Crippen LogP contribution in [-0.2, 0) is 0 Å². The van der Waals surface area contributed by atoms with Gasteiger partial charge in [-0.2, -0.15) is 0 Å². The average Bonchev–Trinajstić information content (AvgIpc) is 3.46. The molecule has 1 aromatic carbocycles. The molecule has 2 aliphatic rings. The van der Waals surface area contributed by atoms with E-state index in [0.717, 1.165) is 17.8 Å². The highest BCUT2D eigenvalue weighted by atomic mass is 35.5. The number of halogens is 1. The van der Waals surface area contributed by atoms with Gasteiger partial charge >= 0.3 is 6.03 Å². The molecule has 9 heteroatoms. The lowest BCUT2D eigenvalue weighted by atomic mass is 10.1. The van der Waals surface area contributed by atoms with Crippen LogP contribution in [0, 0.1) is 0 Å². The highest BCUT2D eigenvalue weighted by Crippen LogP contribution is 2.31. The number of carbonyl (C=O) groups excluding carboxylic acids is 2. The Bertz CT molecular complexity index is 1210. The molecule has 3 amide bonds. The zero-order valence-corrected chi connectivity index (χ0v) is 18.0. The van der Waals surface area contributed by atoms with Crippen LogP contribution in [0.3, 0.4) is 0 Å². The number of pyridine rings is 1. The minimum atomic E-state index is -0.160. The molecule has 0 unspecified atom stereocenters. The highest BCUT2D eigenvalue weighted by Gasteiger charge is 2.46. The van der Waals surface area contributed by atoms with Gasteiger partial charge in [0.2, 0.25) is 0 Å². The molecule has 2 saturated heterocycles. The van der Waals surface area contributed by atoms with Crippen molar-refractivity contribution in [2.75, 3.05) is 18.0 Å². The molecule has 3 aromatic rings. The van der Waals surface area contributed by atoms with Crippen molar-refractivity contribution in [1.29, 1.82) is 0 Å². The fraction of sp³-hybridized carbons (Fsp3) is 0.227. The first kappa shape index (κ1) is 19.8. The number of rotatable bonds is 4. The molecule has 4 heterocycles. The van der Waals surface area contributed by atoms with Crippen LogP contribution in [0.4, 0.5) is 10.5 Å². The van der Waals surface area contributed by atoms with E-state index in [2.05, 4.69) is 5.32 Å². The van der Waals surface area contributed by atoms with Crippen LogP contribution >= 0.6 is 22.9 Å². The van der Waals surface area contributed by atoms with Gasteiger partial charge in [0.15, 0.2) is 0 Å². The molecule has 158 valence electrons. The number of aromatic nitrogens is 1. The molecule has 0 spiro atoms. The van der Waals surface area contributed by atoms with Crippen LogP contribution in [0.25, 0.3) is 5.69 Å². The van der Waals surface area contributed by atoms with Gasteiger partial charge in [-0.1, -0.05) is 17.7 Å². The first-order chi connectivity index (χ1) is 15.0. The van der Waals surface area contributed by atoms with Crippen molar-refractivity contribution in [1.82, 2.24) is 14.8 Å². The maximum Gasteiger partial charge on any atom is 0.324 e. The van der Waals surface area contributed by atoms with Crippen molar-refractivity contribution in [3.05, 3.63) is 80.4 Å². The Kier molecular flexibility index (Phi) is 5.03. The minimum Gasteiger partial charge on any atom is -0.346 e. The fourth-order valence-electron chi connectivity index (χ4n) is 4.23. The van der Waals surface area contributed by atoms with Crippen molar-refractivity contribution < 1.29 is 9.59 Å².